The topological polar surface area (TPSA) is 66.6 Å². The van der Waals surface area contributed by atoms with E-state index in [4.69, 9.17) is 0 Å². The summed E-state index contributed by atoms with van der Waals surface area (Å²) in [6, 6.07) is 5.56. The molecule has 100 valence electrons. The highest BCUT2D eigenvalue weighted by atomic mass is 16.4. The van der Waals surface area contributed by atoms with Crippen LogP contribution in [0.25, 0.3) is 5.52 Å². The van der Waals surface area contributed by atoms with Crippen molar-refractivity contribution in [1.82, 2.24) is 14.7 Å². The fourth-order valence-electron chi connectivity index (χ4n) is 2.75. The summed E-state index contributed by atoms with van der Waals surface area (Å²) < 4.78 is 1.91. The zero-order valence-electron chi connectivity index (χ0n) is 10.7. The number of aromatic carboxylic acids is 1. The number of rotatable bonds is 3. The van der Waals surface area contributed by atoms with E-state index in [1.807, 2.05) is 28.8 Å². The summed E-state index contributed by atoms with van der Waals surface area (Å²) in [6.45, 7) is 2.08. The van der Waals surface area contributed by atoms with Gasteiger partial charge in [0.15, 0.2) is 5.69 Å². The molecule has 3 heterocycles. The number of hydrogen-bond donors (Lipinski definition) is 2. The molecule has 1 fully saturated rings. The molecular formula is C14H17N3O2. The minimum atomic E-state index is -0.958. The molecule has 1 aliphatic heterocycles. The van der Waals surface area contributed by atoms with E-state index in [0.717, 1.165) is 38.2 Å². The van der Waals surface area contributed by atoms with E-state index >= 15 is 0 Å². The molecule has 1 saturated heterocycles. The van der Waals surface area contributed by atoms with Crippen LogP contribution in [0, 0.1) is 5.92 Å². The zero-order valence-corrected chi connectivity index (χ0v) is 10.7. The first-order chi connectivity index (χ1) is 9.25. The second-order valence-electron chi connectivity index (χ2n) is 5.04. The molecule has 3 rings (SSSR count). The standard InChI is InChI=1S/C14H17N3O2/c18-14(19)13-11-3-1-2-8-17(11)12(16-13)9-10-4-6-15-7-5-10/h1-3,8,10,15H,4-7,9H2,(H,18,19). The number of carbonyl (C=O) groups is 1. The Labute approximate surface area is 111 Å². The van der Waals surface area contributed by atoms with Crippen LogP contribution in [0.3, 0.4) is 0 Å². The monoisotopic (exact) mass is 259 g/mol. The molecule has 0 atom stereocenters. The highest BCUT2D eigenvalue weighted by molar-refractivity contribution is 5.93. The number of nitrogens with one attached hydrogen (secondary N) is 1. The van der Waals surface area contributed by atoms with Gasteiger partial charge in [0.25, 0.3) is 0 Å². The third-order valence-corrected chi connectivity index (χ3v) is 3.75. The summed E-state index contributed by atoms with van der Waals surface area (Å²) in [5, 5.41) is 12.6. The Kier molecular flexibility index (Phi) is 3.21. The Hall–Kier alpha value is -1.88. The van der Waals surface area contributed by atoms with Crippen LogP contribution in [0.1, 0.15) is 29.2 Å². The van der Waals surface area contributed by atoms with E-state index in [1.54, 1.807) is 0 Å². The number of imidazole rings is 1. The van der Waals surface area contributed by atoms with Crippen LogP contribution in [0.15, 0.2) is 24.4 Å². The first-order valence-corrected chi connectivity index (χ1v) is 6.65. The Balaban J connectivity index is 1.96. The minimum absolute atomic E-state index is 0.157. The molecule has 0 aliphatic carbocycles. The lowest BCUT2D eigenvalue weighted by atomic mass is 9.94. The van der Waals surface area contributed by atoms with Crippen molar-refractivity contribution in [2.45, 2.75) is 19.3 Å². The van der Waals surface area contributed by atoms with Gasteiger partial charge in [-0.15, -0.1) is 0 Å². The van der Waals surface area contributed by atoms with E-state index < -0.39 is 5.97 Å². The van der Waals surface area contributed by atoms with Crippen molar-refractivity contribution < 1.29 is 9.90 Å². The van der Waals surface area contributed by atoms with Gasteiger partial charge in [0, 0.05) is 12.6 Å². The molecule has 0 amide bonds. The molecule has 19 heavy (non-hydrogen) atoms. The van der Waals surface area contributed by atoms with Crippen molar-refractivity contribution in [3.05, 3.63) is 35.9 Å². The number of nitrogens with zero attached hydrogens (tertiary/aromatic N) is 2. The molecule has 0 radical (unpaired) electrons. The van der Waals surface area contributed by atoms with E-state index in [-0.39, 0.29) is 5.69 Å². The largest absolute Gasteiger partial charge is 0.476 e. The fraction of sp³-hybridized carbons (Fsp3) is 0.429. The number of pyridine rings is 1. The number of hydrogen-bond acceptors (Lipinski definition) is 3. The highest BCUT2D eigenvalue weighted by Gasteiger charge is 2.20. The molecule has 0 spiro atoms. The van der Waals surface area contributed by atoms with Crippen molar-refractivity contribution in [1.29, 1.82) is 0 Å². The molecule has 1 aliphatic rings. The Morgan fingerprint density at radius 2 is 2.21 bits per heavy atom. The van der Waals surface area contributed by atoms with Crippen molar-refractivity contribution in [3.63, 3.8) is 0 Å². The van der Waals surface area contributed by atoms with Crippen LogP contribution in [0.5, 0.6) is 0 Å². The van der Waals surface area contributed by atoms with Gasteiger partial charge in [0.1, 0.15) is 5.82 Å². The predicted octanol–water partition coefficient (Wildman–Crippen LogP) is 1.57. The first-order valence-electron chi connectivity index (χ1n) is 6.65. The smallest absolute Gasteiger partial charge is 0.356 e. The van der Waals surface area contributed by atoms with Crippen molar-refractivity contribution in [2.24, 2.45) is 5.92 Å². The molecule has 0 unspecified atom stereocenters. The van der Waals surface area contributed by atoms with Gasteiger partial charge in [0.2, 0.25) is 0 Å². The molecule has 2 aromatic rings. The number of piperidine rings is 1. The Bertz CT molecular complexity index is 600. The number of aromatic nitrogens is 2. The van der Waals surface area contributed by atoms with E-state index in [2.05, 4.69) is 10.3 Å². The fourth-order valence-corrected chi connectivity index (χ4v) is 2.75. The molecule has 0 saturated carbocycles. The van der Waals surface area contributed by atoms with E-state index in [9.17, 15) is 9.90 Å². The van der Waals surface area contributed by atoms with Gasteiger partial charge in [0.05, 0.1) is 5.52 Å². The molecule has 2 N–H and O–H groups in total. The maximum absolute atomic E-state index is 11.2. The summed E-state index contributed by atoms with van der Waals surface area (Å²) in [5.74, 6) is 0.494. The number of fused-ring (bicyclic) bond motifs is 1. The number of carboxylic acid groups (broad SMARTS) is 1. The zero-order chi connectivity index (χ0) is 13.2. The Morgan fingerprint density at radius 1 is 1.42 bits per heavy atom. The predicted molar refractivity (Wildman–Crippen MR) is 71.4 cm³/mol. The third-order valence-electron chi connectivity index (χ3n) is 3.75. The van der Waals surface area contributed by atoms with Crippen LogP contribution in [-0.4, -0.2) is 33.6 Å². The summed E-state index contributed by atoms with van der Waals surface area (Å²) >= 11 is 0. The SMILES string of the molecule is O=C(O)c1nc(CC2CCNCC2)n2ccccc12. The molecule has 2 aromatic heterocycles. The first kappa shape index (κ1) is 12.2. The van der Waals surface area contributed by atoms with Crippen LogP contribution >= 0.6 is 0 Å². The van der Waals surface area contributed by atoms with Gasteiger partial charge in [-0.25, -0.2) is 9.78 Å². The van der Waals surface area contributed by atoms with Crippen molar-refractivity contribution in [3.8, 4) is 0 Å². The van der Waals surface area contributed by atoms with Gasteiger partial charge in [-0.05, 0) is 44.0 Å². The lowest BCUT2D eigenvalue weighted by molar-refractivity contribution is 0.0693. The van der Waals surface area contributed by atoms with Crippen molar-refractivity contribution in [2.75, 3.05) is 13.1 Å². The second-order valence-corrected chi connectivity index (χ2v) is 5.04. The van der Waals surface area contributed by atoms with E-state index in [1.165, 1.54) is 0 Å². The molecular weight excluding hydrogens is 242 g/mol. The van der Waals surface area contributed by atoms with Crippen LogP contribution < -0.4 is 5.32 Å². The van der Waals surface area contributed by atoms with Gasteiger partial charge in [-0.2, -0.15) is 0 Å². The summed E-state index contributed by atoms with van der Waals surface area (Å²) in [6.07, 6.45) is 5.00. The van der Waals surface area contributed by atoms with Gasteiger partial charge in [-0.1, -0.05) is 6.07 Å². The van der Waals surface area contributed by atoms with Gasteiger partial charge >= 0.3 is 5.97 Å². The van der Waals surface area contributed by atoms with Crippen LogP contribution in [0.2, 0.25) is 0 Å². The lowest BCUT2D eigenvalue weighted by Gasteiger charge is -2.21. The summed E-state index contributed by atoms with van der Waals surface area (Å²) in [7, 11) is 0. The van der Waals surface area contributed by atoms with Crippen LogP contribution in [-0.2, 0) is 6.42 Å². The van der Waals surface area contributed by atoms with Crippen molar-refractivity contribution >= 4 is 11.5 Å². The lowest BCUT2D eigenvalue weighted by Crippen LogP contribution is -2.29. The van der Waals surface area contributed by atoms with Gasteiger partial charge < -0.3 is 14.8 Å². The molecule has 5 nitrogen and oxygen atoms in total. The summed E-state index contributed by atoms with van der Waals surface area (Å²) in [5.41, 5.74) is 0.837. The minimum Gasteiger partial charge on any atom is -0.476 e. The molecule has 0 aromatic carbocycles. The third kappa shape index (κ3) is 2.33. The average molecular weight is 259 g/mol. The highest BCUT2D eigenvalue weighted by Crippen LogP contribution is 2.20. The summed E-state index contributed by atoms with van der Waals surface area (Å²) in [4.78, 5) is 15.6. The normalized spacial score (nSPS) is 16.8. The number of carboxylic acids is 1. The Morgan fingerprint density at radius 3 is 2.95 bits per heavy atom. The van der Waals surface area contributed by atoms with E-state index in [0.29, 0.717) is 11.4 Å². The maximum atomic E-state index is 11.2. The van der Waals surface area contributed by atoms with Crippen LogP contribution in [0.4, 0.5) is 0 Å². The quantitative estimate of drug-likeness (QED) is 0.878. The average Bonchev–Trinajstić information content (AvgIpc) is 2.79. The molecule has 0 bridgehead atoms. The molecule has 5 heteroatoms. The second kappa shape index (κ2) is 5.01. The maximum Gasteiger partial charge on any atom is 0.356 e. The van der Waals surface area contributed by atoms with Gasteiger partial charge in [-0.3, -0.25) is 0 Å².